The molecule has 0 saturated heterocycles. The quantitative estimate of drug-likeness (QED) is 0.257. The topological polar surface area (TPSA) is 75.5 Å². The molecular formula is C30H30N4O3. The van der Waals surface area contributed by atoms with Gasteiger partial charge in [0.2, 0.25) is 0 Å². The maximum Gasteiger partial charge on any atom is 0.136 e. The molecule has 1 aliphatic rings. The molecule has 0 bridgehead atoms. The van der Waals surface area contributed by atoms with Crippen LogP contribution in [0.3, 0.4) is 0 Å². The Morgan fingerprint density at radius 3 is 2.51 bits per heavy atom. The van der Waals surface area contributed by atoms with Gasteiger partial charge in [0.15, 0.2) is 0 Å². The number of hydrogen-bond donors (Lipinski definition) is 2. The Bertz CT molecular complexity index is 1520. The molecule has 1 atom stereocenters. The predicted molar refractivity (Wildman–Crippen MR) is 144 cm³/mol. The Kier molecular flexibility index (Phi) is 6.16. The molecule has 2 N–H and O–H groups in total. The van der Waals surface area contributed by atoms with Crippen molar-refractivity contribution in [2.24, 2.45) is 0 Å². The van der Waals surface area contributed by atoms with E-state index in [9.17, 15) is 5.11 Å². The van der Waals surface area contributed by atoms with Crippen LogP contribution in [0.2, 0.25) is 0 Å². The maximum absolute atomic E-state index is 11.8. The van der Waals surface area contributed by atoms with Crippen molar-refractivity contribution in [3.63, 3.8) is 0 Å². The van der Waals surface area contributed by atoms with Gasteiger partial charge in [0.1, 0.15) is 17.7 Å². The highest BCUT2D eigenvalue weighted by molar-refractivity contribution is 5.90. The van der Waals surface area contributed by atoms with Crippen molar-refractivity contribution in [2.45, 2.75) is 31.7 Å². The summed E-state index contributed by atoms with van der Waals surface area (Å²) in [6, 6.07) is 22.7. The number of nitrogens with one attached hydrogen (secondary N) is 1. The molecule has 2 heterocycles. The number of aliphatic hydroxyl groups is 1. The molecule has 0 spiro atoms. The fraction of sp³-hybridized carbons (Fsp3) is 0.233. The number of benzene rings is 3. The Labute approximate surface area is 215 Å². The molecule has 1 unspecified atom stereocenters. The molecule has 7 heteroatoms. The molecule has 6 rings (SSSR count). The van der Waals surface area contributed by atoms with Crippen LogP contribution in [0.5, 0.6) is 11.5 Å². The Morgan fingerprint density at radius 1 is 1.00 bits per heavy atom. The van der Waals surface area contributed by atoms with E-state index >= 15 is 0 Å². The van der Waals surface area contributed by atoms with Crippen molar-refractivity contribution in [2.75, 3.05) is 14.2 Å². The van der Waals surface area contributed by atoms with Crippen molar-refractivity contribution in [1.82, 2.24) is 19.7 Å². The standard InChI is InChI=1S/C30H30N4O3/c1-36-25-7-3-5-20(13-25)18-34(23-10-11-23)30(35)28-19-33(24-6-4-8-26(15-24)37-2)29-14-21(9-12-27(28)29)22-16-31-32-17-22/h3-9,12-17,19,23,30,35H,10-11,18H2,1-2H3,(H,31,32). The number of aliphatic hydroxyl groups excluding tert-OH is 1. The van der Waals surface area contributed by atoms with E-state index in [4.69, 9.17) is 9.47 Å². The first kappa shape index (κ1) is 23.3. The minimum absolute atomic E-state index is 0.349. The molecule has 7 nitrogen and oxygen atoms in total. The lowest BCUT2D eigenvalue weighted by molar-refractivity contribution is -0.00972. The monoisotopic (exact) mass is 494 g/mol. The molecule has 37 heavy (non-hydrogen) atoms. The van der Waals surface area contributed by atoms with Crippen molar-refractivity contribution >= 4 is 10.9 Å². The summed E-state index contributed by atoms with van der Waals surface area (Å²) < 4.78 is 13.1. The number of nitrogens with zero attached hydrogens (tertiary/aromatic N) is 3. The first-order chi connectivity index (χ1) is 18.1. The van der Waals surface area contributed by atoms with E-state index in [2.05, 4.69) is 56.2 Å². The van der Waals surface area contributed by atoms with Crippen molar-refractivity contribution in [3.05, 3.63) is 96.4 Å². The van der Waals surface area contributed by atoms with Crippen molar-refractivity contribution in [3.8, 4) is 28.3 Å². The second-order valence-corrected chi connectivity index (χ2v) is 9.50. The van der Waals surface area contributed by atoms with Gasteiger partial charge < -0.3 is 19.1 Å². The first-order valence-corrected chi connectivity index (χ1v) is 12.5. The summed E-state index contributed by atoms with van der Waals surface area (Å²) >= 11 is 0. The van der Waals surface area contributed by atoms with Gasteiger partial charge in [-0.3, -0.25) is 10.00 Å². The van der Waals surface area contributed by atoms with Crippen LogP contribution in [0, 0.1) is 0 Å². The summed E-state index contributed by atoms with van der Waals surface area (Å²) in [5.74, 6) is 1.61. The van der Waals surface area contributed by atoms with E-state index in [0.29, 0.717) is 12.6 Å². The van der Waals surface area contributed by atoms with Gasteiger partial charge in [-0.1, -0.05) is 30.3 Å². The number of fused-ring (bicyclic) bond motifs is 1. The highest BCUT2D eigenvalue weighted by Gasteiger charge is 2.35. The largest absolute Gasteiger partial charge is 0.497 e. The molecule has 0 amide bonds. The lowest BCUT2D eigenvalue weighted by atomic mass is 10.0. The molecule has 1 aliphatic carbocycles. The minimum atomic E-state index is -0.757. The molecule has 1 saturated carbocycles. The van der Waals surface area contributed by atoms with Gasteiger partial charge in [0.25, 0.3) is 0 Å². The number of aromatic amines is 1. The van der Waals surface area contributed by atoms with Crippen LogP contribution >= 0.6 is 0 Å². The molecule has 2 aromatic heterocycles. The maximum atomic E-state index is 11.8. The summed E-state index contributed by atoms with van der Waals surface area (Å²) in [5, 5.41) is 19.9. The van der Waals surface area contributed by atoms with Gasteiger partial charge in [-0.2, -0.15) is 5.10 Å². The zero-order valence-electron chi connectivity index (χ0n) is 21.0. The van der Waals surface area contributed by atoms with E-state index in [1.54, 1.807) is 14.2 Å². The van der Waals surface area contributed by atoms with Crippen LogP contribution in [0.25, 0.3) is 27.7 Å². The first-order valence-electron chi connectivity index (χ1n) is 12.5. The minimum Gasteiger partial charge on any atom is -0.497 e. The molecule has 3 aromatic carbocycles. The lowest BCUT2D eigenvalue weighted by Crippen LogP contribution is -2.30. The number of hydrogen-bond acceptors (Lipinski definition) is 5. The van der Waals surface area contributed by atoms with Gasteiger partial charge in [-0.15, -0.1) is 0 Å². The van der Waals surface area contributed by atoms with Crippen LogP contribution in [0.15, 0.2) is 85.3 Å². The Hall–Kier alpha value is -4.07. The Morgan fingerprint density at radius 2 is 1.78 bits per heavy atom. The average molecular weight is 495 g/mol. The molecule has 0 aliphatic heterocycles. The Balaban J connectivity index is 1.45. The molecule has 1 fully saturated rings. The zero-order valence-corrected chi connectivity index (χ0v) is 21.0. The highest BCUT2D eigenvalue weighted by atomic mass is 16.5. The smallest absolute Gasteiger partial charge is 0.136 e. The van der Waals surface area contributed by atoms with Crippen molar-refractivity contribution in [1.29, 1.82) is 0 Å². The van der Waals surface area contributed by atoms with Gasteiger partial charge in [0.05, 0.1) is 25.9 Å². The van der Waals surface area contributed by atoms with Crippen LogP contribution in [0.1, 0.15) is 30.2 Å². The number of aromatic nitrogens is 3. The van der Waals surface area contributed by atoms with Crippen LogP contribution in [0.4, 0.5) is 0 Å². The van der Waals surface area contributed by atoms with Crippen molar-refractivity contribution < 1.29 is 14.6 Å². The van der Waals surface area contributed by atoms with E-state index in [-0.39, 0.29) is 0 Å². The van der Waals surface area contributed by atoms with Crippen LogP contribution < -0.4 is 9.47 Å². The summed E-state index contributed by atoms with van der Waals surface area (Å²) in [4.78, 5) is 2.20. The summed E-state index contributed by atoms with van der Waals surface area (Å²) in [6.45, 7) is 0.641. The average Bonchev–Trinajstić information content (AvgIpc) is 3.49. The molecular weight excluding hydrogens is 464 g/mol. The summed E-state index contributed by atoms with van der Waals surface area (Å²) in [5.41, 5.74) is 6.05. The lowest BCUT2D eigenvalue weighted by Gasteiger charge is -2.28. The van der Waals surface area contributed by atoms with E-state index in [1.807, 2.05) is 48.8 Å². The predicted octanol–water partition coefficient (Wildman–Crippen LogP) is 5.69. The highest BCUT2D eigenvalue weighted by Crippen LogP contribution is 2.39. The molecule has 188 valence electrons. The summed E-state index contributed by atoms with van der Waals surface area (Å²) in [6.07, 6.45) is 7.18. The number of H-pyrrole nitrogens is 1. The molecule has 0 radical (unpaired) electrons. The fourth-order valence-corrected chi connectivity index (χ4v) is 5.00. The number of methoxy groups -OCH3 is 2. The second-order valence-electron chi connectivity index (χ2n) is 9.50. The third-order valence-corrected chi connectivity index (χ3v) is 7.11. The van der Waals surface area contributed by atoms with Crippen LogP contribution in [-0.2, 0) is 6.54 Å². The third-order valence-electron chi connectivity index (χ3n) is 7.11. The third kappa shape index (κ3) is 4.59. The molecule has 5 aromatic rings. The van der Waals surface area contributed by atoms with Gasteiger partial charge >= 0.3 is 0 Å². The van der Waals surface area contributed by atoms with E-state index in [0.717, 1.165) is 63.2 Å². The van der Waals surface area contributed by atoms with Crippen LogP contribution in [-0.4, -0.2) is 45.0 Å². The van der Waals surface area contributed by atoms with Gasteiger partial charge in [-0.05, 0) is 54.3 Å². The fourth-order valence-electron chi connectivity index (χ4n) is 5.00. The van der Waals surface area contributed by atoms with E-state index in [1.165, 1.54) is 0 Å². The number of rotatable bonds is 9. The zero-order chi connectivity index (χ0) is 25.4. The SMILES string of the molecule is COc1cccc(CN(C2CC2)C(O)c2cn(-c3cccc(OC)c3)c3cc(-c4cn[nH]c4)ccc23)c1. The summed E-state index contributed by atoms with van der Waals surface area (Å²) in [7, 11) is 3.35. The van der Waals surface area contributed by atoms with E-state index < -0.39 is 6.23 Å². The normalized spacial score (nSPS) is 14.3. The van der Waals surface area contributed by atoms with Gasteiger partial charge in [-0.25, -0.2) is 0 Å². The second kappa shape index (κ2) is 9.76. The van der Waals surface area contributed by atoms with Gasteiger partial charge in [0, 0.05) is 53.2 Å². The number of ether oxygens (including phenoxy) is 2.